The summed E-state index contributed by atoms with van der Waals surface area (Å²) in [6.45, 7) is 4.13. The van der Waals surface area contributed by atoms with Gasteiger partial charge in [-0.1, -0.05) is 30.4 Å². The fraction of sp³-hybridized carbons (Fsp3) is 0.190. The SMILES string of the molecule is CC1=CC2=NC(c3cccc(C4=NC5C=CC(C)=CC5=N4)n3)=NC2C=C1.[Cl-].[Cl-].[Cl-].[V]. The van der Waals surface area contributed by atoms with Crippen LogP contribution in [0.15, 0.2) is 85.8 Å². The fourth-order valence-electron chi connectivity index (χ4n) is 3.33. The largest absolute Gasteiger partial charge is 1.00 e. The summed E-state index contributed by atoms with van der Waals surface area (Å²) in [4.78, 5) is 23.4. The molecule has 0 saturated heterocycles. The molecule has 0 bridgehead atoms. The normalized spacial score (nSPS) is 22.2. The molecule has 3 heterocycles. The van der Waals surface area contributed by atoms with Crippen molar-refractivity contribution in [1.82, 2.24) is 4.98 Å². The summed E-state index contributed by atoms with van der Waals surface area (Å²) < 4.78 is 0. The number of halogens is 3. The number of aliphatic imine (C=N–C) groups is 4. The Kier molecular flexibility index (Phi) is 9.21. The van der Waals surface area contributed by atoms with Gasteiger partial charge >= 0.3 is 0 Å². The van der Waals surface area contributed by atoms with Crippen molar-refractivity contribution in [1.29, 1.82) is 0 Å². The standard InChI is InChI=1S/C21H17N5.3ClH.V/c1-12-6-8-14-18(10-12)25-20(23-14)16-4-3-5-17(22-16)21-24-15-9-7-13(2)11-19(15)26-21;;;;/h3-11,14-15H,1-2H3;3*1H;/p-3. The quantitative estimate of drug-likeness (QED) is 0.403. The predicted molar refractivity (Wildman–Crippen MR) is 106 cm³/mol. The van der Waals surface area contributed by atoms with Crippen LogP contribution in [0, 0.1) is 0 Å². The number of amidine groups is 2. The van der Waals surface area contributed by atoms with E-state index < -0.39 is 0 Å². The second kappa shape index (κ2) is 10.5. The molecule has 2 atom stereocenters. The van der Waals surface area contributed by atoms with Gasteiger partial charge in [-0.2, -0.15) is 0 Å². The molecular formula is C21H17Cl3N5V-3. The van der Waals surface area contributed by atoms with Crippen molar-refractivity contribution in [3.8, 4) is 0 Å². The number of aromatic nitrogens is 1. The number of hydrogen-bond acceptors (Lipinski definition) is 5. The second-order valence-electron chi connectivity index (χ2n) is 6.77. The molecule has 0 N–H and O–H groups in total. The van der Waals surface area contributed by atoms with E-state index >= 15 is 0 Å². The number of rotatable bonds is 2. The van der Waals surface area contributed by atoms with E-state index in [0.29, 0.717) is 11.7 Å². The molecule has 2 aliphatic carbocycles. The van der Waals surface area contributed by atoms with Crippen LogP contribution in [0.25, 0.3) is 0 Å². The van der Waals surface area contributed by atoms with E-state index in [1.807, 2.05) is 18.2 Å². The molecule has 5 nitrogen and oxygen atoms in total. The van der Waals surface area contributed by atoms with Crippen LogP contribution in [0.5, 0.6) is 0 Å². The van der Waals surface area contributed by atoms with E-state index in [-0.39, 0.29) is 67.9 Å². The fourth-order valence-corrected chi connectivity index (χ4v) is 3.33. The van der Waals surface area contributed by atoms with Gasteiger partial charge in [0.25, 0.3) is 0 Å². The molecule has 2 unspecified atom stereocenters. The molecule has 4 aliphatic rings. The van der Waals surface area contributed by atoms with Gasteiger partial charge in [-0.25, -0.2) is 15.0 Å². The third-order valence-electron chi connectivity index (χ3n) is 4.64. The zero-order valence-corrected chi connectivity index (χ0v) is 19.8. The number of hydrogen-bond donors (Lipinski definition) is 0. The molecule has 1 radical (unpaired) electrons. The van der Waals surface area contributed by atoms with Crippen LogP contribution in [-0.4, -0.2) is 40.2 Å². The van der Waals surface area contributed by atoms with Crippen molar-refractivity contribution in [2.75, 3.05) is 0 Å². The molecule has 0 fully saturated rings. The van der Waals surface area contributed by atoms with E-state index in [2.05, 4.69) is 70.3 Å². The maximum Gasteiger partial charge on any atom is 0.174 e. The summed E-state index contributed by atoms with van der Waals surface area (Å²) in [7, 11) is 0. The average molecular weight is 497 g/mol. The second-order valence-corrected chi connectivity index (χ2v) is 6.77. The van der Waals surface area contributed by atoms with Gasteiger partial charge < -0.3 is 37.2 Å². The maximum atomic E-state index is 4.73. The molecule has 1 aromatic heterocycles. The van der Waals surface area contributed by atoms with Crippen LogP contribution in [0.2, 0.25) is 0 Å². The smallest absolute Gasteiger partial charge is 0.174 e. The van der Waals surface area contributed by atoms with Crippen molar-refractivity contribution in [3.63, 3.8) is 0 Å². The van der Waals surface area contributed by atoms with Gasteiger partial charge in [0.05, 0.1) is 11.4 Å². The Morgan fingerprint density at radius 2 is 1.13 bits per heavy atom. The molecule has 0 amide bonds. The van der Waals surface area contributed by atoms with E-state index in [0.717, 1.165) is 22.8 Å². The van der Waals surface area contributed by atoms with Crippen molar-refractivity contribution < 1.29 is 55.8 Å². The van der Waals surface area contributed by atoms with Gasteiger partial charge in [-0.15, -0.1) is 0 Å². The van der Waals surface area contributed by atoms with Crippen molar-refractivity contribution in [2.45, 2.75) is 25.9 Å². The topological polar surface area (TPSA) is 62.3 Å². The Balaban J connectivity index is 0.00000112. The minimum Gasteiger partial charge on any atom is -1.00 e. The van der Waals surface area contributed by atoms with Crippen LogP contribution < -0.4 is 37.2 Å². The van der Waals surface area contributed by atoms with Crippen LogP contribution in [0.3, 0.4) is 0 Å². The third kappa shape index (κ3) is 4.93. The van der Waals surface area contributed by atoms with Crippen LogP contribution in [-0.2, 0) is 18.6 Å². The Bertz CT molecular complexity index is 999. The first-order chi connectivity index (χ1) is 12.7. The summed E-state index contributed by atoms with van der Waals surface area (Å²) in [5, 5.41) is 0. The Hall–Kier alpha value is -1.76. The summed E-state index contributed by atoms with van der Waals surface area (Å²) in [5.74, 6) is 1.34. The van der Waals surface area contributed by atoms with Gasteiger partial charge in [0.1, 0.15) is 23.5 Å². The number of nitrogens with zero attached hydrogens (tertiary/aromatic N) is 5. The van der Waals surface area contributed by atoms with Gasteiger partial charge in [-0.3, -0.25) is 9.98 Å². The van der Waals surface area contributed by atoms with Crippen LogP contribution in [0.4, 0.5) is 0 Å². The van der Waals surface area contributed by atoms with Crippen molar-refractivity contribution in [3.05, 3.63) is 77.2 Å². The minimum absolute atomic E-state index is 0. The Labute approximate surface area is 206 Å². The van der Waals surface area contributed by atoms with E-state index in [4.69, 9.17) is 4.98 Å². The van der Waals surface area contributed by atoms with Crippen molar-refractivity contribution >= 4 is 23.1 Å². The first kappa shape index (κ1) is 26.3. The summed E-state index contributed by atoms with van der Waals surface area (Å²) >= 11 is 0. The molecule has 0 spiro atoms. The van der Waals surface area contributed by atoms with Gasteiger partial charge in [0.15, 0.2) is 11.7 Å². The van der Waals surface area contributed by atoms with E-state index in [1.165, 1.54) is 11.1 Å². The average Bonchev–Trinajstić information content (AvgIpc) is 3.25. The molecule has 1 aromatic rings. The monoisotopic (exact) mass is 495 g/mol. The molecule has 2 aliphatic heterocycles. The maximum absolute atomic E-state index is 4.73. The molecule has 0 saturated carbocycles. The third-order valence-corrected chi connectivity index (χ3v) is 4.64. The van der Waals surface area contributed by atoms with E-state index in [9.17, 15) is 0 Å². The van der Waals surface area contributed by atoms with E-state index in [1.54, 1.807) is 0 Å². The Morgan fingerprint density at radius 3 is 1.57 bits per heavy atom. The Morgan fingerprint density at radius 1 is 0.700 bits per heavy atom. The summed E-state index contributed by atoms with van der Waals surface area (Å²) in [6, 6.07) is 5.84. The summed E-state index contributed by atoms with van der Waals surface area (Å²) in [5.41, 5.74) is 5.83. The van der Waals surface area contributed by atoms with Gasteiger partial charge in [0, 0.05) is 18.6 Å². The molecule has 5 rings (SSSR count). The predicted octanol–water partition coefficient (Wildman–Crippen LogP) is -5.74. The zero-order valence-electron chi connectivity index (χ0n) is 16.2. The summed E-state index contributed by atoms with van der Waals surface area (Å²) in [6.07, 6.45) is 12.4. The van der Waals surface area contributed by atoms with Crippen molar-refractivity contribution in [2.24, 2.45) is 20.0 Å². The molecular weight excluding hydrogens is 480 g/mol. The molecule has 30 heavy (non-hydrogen) atoms. The van der Waals surface area contributed by atoms with Crippen LogP contribution in [0.1, 0.15) is 25.2 Å². The zero-order chi connectivity index (χ0) is 17.7. The molecule has 0 aromatic carbocycles. The van der Waals surface area contributed by atoms with Gasteiger partial charge in [-0.05, 0) is 49.3 Å². The van der Waals surface area contributed by atoms with Gasteiger partial charge in [0.2, 0.25) is 0 Å². The minimum atomic E-state index is 0. The first-order valence-corrected chi connectivity index (χ1v) is 8.69. The molecule has 9 heteroatoms. The number of fused-ring (bicyclic) bond motifs is 2. The number of pyridine rings is 1. The first-order valence-electron chi connectivity index (χ1n) is 8.69. The number of allylic oxidation sites excluding steroid dienone is 4. The molecule has 155 valence electrons. The van der Waals surface area contributed by atoms with Crippen LogP contribution >= 0.6 is 0 Å².